The number of pyridine rings is 1. The van der Waals surface area contributed by atoms with Gasteiger partial charge < -0.3 is 9.47 Å². The van der Waals surface area contributed by atoms with Crippen molar-refractivity contribution in [2.75, 3.05) is 0 Å². The monoisotopic (exact) mass is 337 g/mol. The summed E-state index contributed by atoms with van der Waals surface area (Å²) in [6.45, 7) is 7.32. The van der Waals surface area contributed by atoms with Crippen LogP contribution < -0.4 is 4.74 Å². The van der Waals surface area contributed by atoms with Crippen molar-refractivity contribution in [3.63, 3.8) is 0 Å². The van der Waals surface area contributed by atoms with Gasteiger partial charge in [0.05, 0.1) is 10.9 Å². The Hall–Kier alpha value is -2.24. The maximum absolute atomic E-state index is 14.3. The van der Waals surface area contributed by atoms with Gasteiger partial charge in [-0.3, -0.25) is 4.98 Å². The van der Waals surface area contributed by atoms with E-state index >= 15 is 0 Å². The van der Waals surface area contributed by atoms with Gasteiger partial charge in [-0.15, -0.1) is 0 Å². The van der Waals surface area contributed by atoms with E-state index in [0.29, 0.717) is 30.5 Å². The van der Waals surface area contributed by atoms with Crippen LogP contribution in [-0.4, -0.2) is 17.2 Å². The second kappa shape index (κ2) is 7.55. The molecule has 0 saturated carbocycles. The average Bonchev–Trinajstić information content (AvgIpc) is 2.58. The molecule has 0 N–H and O–H groups in total. The number of aromatic nitrogens is 1. The van der Waals surface area contributed by atoms with Crippen molar-refractivity contribution in [1.82, 2.24) is 4.98 Å². The second-order valence-corrected chi connectivity index (χ2v) is 5.53. The van der Waals surface area contributed by atoms with Crippen LogP contribution in [0.1, 0.15) is 44.9 Å². The largest absolute Gasteiger partial charge is 0.514 e. The van der Waals surface area contributed by atoms with Gasteiger partial charge in [0.1, 0.15) is 6.10 Å². The van der Waals surface area contributed by atoms with Gasteiger partial charge in [0, 0.05) is 11.3 Å². The molecule has 0 aliphatic carbocycles. The van der Waals surface area contributed by atoms with Gasteiger partial charge >= 0.3 is 6.16 Å². The Bertz CT molecular complexity index is 758. The van der Waals surface area contributed by atoms with E-state index in [-0.39, 0.29) is 22.8 Å². The molecule has 4 nitrogen and oxygen atoms in total. The first-order valence-corrected chi connectivity index (χ1v) is 8.08. The zero-order valence-electron chi connectivity index (χ0n) is 14.3. The Morgan fingerprint density at radius 1 is 1.21 bits per heavy atom. The summed E-state index contributed by atoms with van der Waals surface area (Å²) in [7, 11) is 0. The van der Waals surface area contributed by atoms with E-state index in [9.17, 15) is 13.6 Å². The number of hydrogen-bond donors (Lipinski definition) is 0. The molecule has 24 heavy (non-hydrogen) atoms. The average molecular weight is 337 g/mol. The lowest BCUT2D eigenvalue weighted by molar-refractivity contribution is 0.0551. The molecule has 1 aromatic heterocycles. The lowest BCUT2D eigenvalue weighted by atomic mass is 10.1. The lowest BCUT2D eigenvalue weighted by Gasteiger charge is -2.17. The molecule has 1 heterocycles. The molecule has 0 bridgehead atoms. The van der Waals surface area contributed by atoms with E-state index in [1.165, 1.54) is 6.07 Å². The molecule has 0 aliphatic heterocycles. The first-order valence-electron chi connectivity index (χ1n) is 8.08. The number of carbonyl (C=O) groups excluding carboxylic acids is 1. The van der Waals surface area contributed by atoms with E-state index in [1.807, 2.05) is 20.8 Å². The van der Waals surface area contributed by atoms with Gasteiger partial charge in [0.25, 0.3) is 0 Å². The Balaban J connectivity index is 2.52. The summed E-state index contributed by atoms with van der Waals surface area (Å²) in [6.07, 6.45) is 0.650. The molecule has 2 rings (SSSR count). The summed E-state index contributed by atoms with van der Waals surface area (Å²) in [6, 6.07) is 2.37. The second-order valence-electron chi connectivity index (χ2n) is 5.53. The number of benzene rings is 1. The van der Waals surface area contributed by atoms with Crippen molar-refractivity contribution in [3.8, 4) is 5.75 Å². The molecule has 0 radical (unpaired) electrons. The molecule has 0 saturated heterocycles. The highest BCUT2D eigenvalue weighted by molar-refractivity contribution is 5.89. The van der Waals surface area contributed by atoms with Crippen molar-refractivity contribution in [2.24, 2.45) is 0 Å². The highest BCUT2D eigenvalue weighted by Crippen LogP contribution is 2.34. The molecule has 1 aromatic carbocycles. The number of rotatable bonds is 5. The molecule has 0 amide bonds. The van der Waals surface area contributed by atoms with Crippen LogP contribution in [0, 0.1) is 18.6 Å². The van der Waals surface area contributed by atoms with Gasteiger partial charge in [-0.25, -0.2) is 13.6 Å². The van der Waals surface area contributed by atoms with E-state index in [4.69, 9.17) is 9.47 Å². The normalized spacial score (nSPS) is 11.1. The van der Waals surface area contributed by atoms with Crippen molar-refractivity contribution < 1.29 is 23.0 Å². The van der Waals surface area contributed by atoms with E-state index < -0.39 is 17.8 Å². The Kier molecular flexibility index (Phi) is 5.70. The Morgan fingerprint density at radius 3 is 2.46 bits per heavy atom. The summed E-state index contributed by atoms with van der Waals surface area (Å²) >= 11 is 0. The van der Waals surface area contributed by atoms with E-state index in [0.717, 1.165) is 6.07 Å². The molecule has 0 fully saturated rings. The molecule has 2 aromatic rings. The van der Waals surface area contributed by atoms with E-state index in [2.05, 4.69) is 4.98 Å². The predicted octanol–water partition coefficient (Wildman–Crippen LogP) is 5.09. The summed E-state index contributed by atoms with van der Waals surface area (Å²) in [4.78, 5) is 16.4. The number of carbonyl (C=O) groups is 1. The van der Waals surface area contributed by atoms with Crippen molar-refractivity contribution in [1.29, 1.82) is 0 Å². The fourth-order valence-electron chi connectivity index (χ4n) is 2.57. The van der Waals surface area contributed by atoms with Crippen LogP contribution in [0.15, 0.2) is 12.1 Å². The van der Waals surface area contributed by atoms with Crippen LogP contribution in [0.2, 0.25) is 0 Å². The number of aryl methyl sites for hydroxylation is 1. The summed E-state index contributed by atoms with van der Waals surface area (Å²) in [5.74, 6) is -2.15. The third-order valence-electron chi connectivity index (χ3n) is 4.02. The minimum Gasteiger partial charge on any atom is -0.431 e. The lowest BCUT2D eigenvalue weighted by Crippen LogP contribution is -2.20. The summed E-state index contributed by atoms with van der Waals surface area (Å²) < 4.78 is 38.4. The van der Waals surface area contributed by atoms with Gasteiger partial charge in [-0.2, -0.15) is 0 Å². The number of ether oxygens (including phenoxy) is 2. The van der Waals surface area contributed by atoms with Gasteiger partial charge in [0.15, 0.2) is 17.4 Å². The highest BCUT2D eigenvalue weighted by Gasteiger charge is 2.22. The predicted molar refractivity (Wildman–Crippen MR) is 87.3 cm³/mol. The molecule has 0 unspecified atom stereocenters. The number of nitrogens with zero attached hydrogens (tertiary/aromatic N) is 1. The van der Waals surface area contributed by atoms with Crippen LogP contribution in [0.3, 0.4) is 0 Å². The molecule has 0 spiro atoms. The molecular formula is C18H21F2NO3. The van der Waals surface area contributed by atoms with Crippen LogP contribution in [-0.2, 0) is 11.2 Å². The molecule has 0 atom stereocenters. The fourth-order valence-corrected chi connectivity index (χ4v) is 2.57. The van der Waals surface area contributed by atoms with Crippen LogP contribution >= 0.6 is 0 Å². The highest BCUT2D eigenvalue weighted by atomic mass is 19.2. The maximum atomic E-state index is 14.3. The fraction of sp³-hybridized carbons (Fsp3) is 0.444. The number of fused-ring (bicyclic) bond motifs is 1. The van der Waals surface area contributed by atoms with Crippen LogP contribution in [0.4, 0.5) is 13.6 Å². The summed E-state index contributed by atoms with van der Waals surface area (Å²) in [5.41, 5.74) is 1.39. The molecular weight excluding hydrogens is 316 g/mol. The maximum Gasteiger partial charge on any atom is 0.514 e. The van der Waals surface area contributed by atoms with Gasteiger partial charge in [0.2, 0.25) is 0 Å². The Labute approximate surface area is 139 Å². The van der Waals surface area contributed by atoms with Crippen molar-refractivity contribution in [3.05, 3.63) is 35.0 Å². The van der Waals surface area contributed by atoms with Gasteiger partial charge in [-0.1, -0.05) is 20.8 Å². The topological polar surface area (TPSA) is 48.4 Å². The standard InChI is InChI=1S/C18H21F2NO3/c1-5-11(6-2)23-18(22)24-17-10(4)13(7-3)21-14-9-8-12(19)16(20)15(14)17/h8-9,11H,5-7H2,1-4H3. The quantitative estimate of drug-likeness (QED) is 0.713. The van der Waals surface area contributed by atoms with Gasteiger partial charge in [-0.05, 0) is 38.3 Å². The third-order valence-corrected chi connectivity index (χ3v) is 4.02. The third kappa shape index (κ3) is 3.47. The summed E-state index contributed by atoms with van der Waals surface area (Å²) in [5, 5.41) is -0.147. The smallest absolute Gasteiger partial charge is 0.431 e. The van der Waals surface area contributed by atoms with Crippen molar-refractivity contribution in [2.45, 2.75) is 53.1 Å². The zero-order valence-corrected chi connectivity index (χ0v) is 14.3. The van der Waals surface area contributed by atoms with Crippen LogP contribution in [0.25, 0.3) is 10.9 Å². The molecule has 6 heteroatoms. The minimum absolute atomic E-state index is 0.0372. The first-order chi connectivity index (χ1) is 11.4. The SMILES string of the molecule is CCc1nc2ccc(F)c(F)c2c(OC(=O)OC(CC)CC)c1C. The molecule has 130 valence electrons. The first kappa shape index (κ1) is 18.1. The van der Waals surface area contributed by atoms with Crippen molar-refractivity contribution >= 4 is 17.1 Å². The molecule has 0 aliphatic rings. The van der Waals surface area contributed by atoms with Crippen LogP contribution in [0.5, 0.6) is 5.75 Å². The number of hydrogen-bond acceptors (Lipinski definition) is 4. The minimum atomic E-state index is -1.09. The zero-order chi connectivity index (χ0) is 17.9. The Morgan fingerprint density at radius 2 is 1.88 bits per heavy atom. The van der Waals surface area contributed by atoms with E-state index in [1.54, 1.807) is 6.92 Å². The number of halogens is 2.